The zero-order chi connectivity index (χ0) is 74.4. The molecule has 566 valence electrons. The molecule has 0 amide bonds. The van der Waals surface area contributed by atoms with Crippen molar-refractivity contribution in [2.75, 3.05) is 52.4 Å². The number of benzene rings is 4. The van der Waals surface area contributed by atoms with E-state index in [2.05, 4.69) is 110 Å². The lowest BCUT2D eigenvalue weighted by Crippen LogP contribution is -2.31. The summed E-state index contributed by atoms with van der Waals surface area (Å²) in [5.41, 5.74) is 26.5. The smallest absolute Gasteiger partial charge is 0.343 e. The molecule has 0 saturated carbocycles. The van der Waals surface area contributed by atoms with Gasteiger partial charge in [0.05, 0.1) is 66.8 Å². The van der Waals surface area contributed by atoms with Gasteiger partial charge in [-0.2, -0.15) is 13.2 Å². The van der Waals surface area contributed by atoms with Crippen molar-refractivity contribution in [3.63, 3.8) is 0 Å². The predicted octanol–water partition coefficient (Wildman–Crippen LogP) is 19.4. The van der Waals surface area contributed by atoms with Crippen LogP contribution in [0.5, 0.6) is 0 Å². The molecule has 0 bridgehead atoms. The van der Waals surface area contributed by atoms with E-state index in [4.69, 9.17) is 26.6 Å². The summed E-state index contributed by atoms with van der Waals surface area (Å²) in [4.78, 5) is 29.3. The van der Waals surface area contributed by atoms with Crippen molar-refractivity contribution in [1.82, 2.24) is 57.8 Å². The van der Waals surface area contributed by atoms with Gasteiger partial charge in [0, 0.05) is 158 Å². The first-order valence-electron chi connectivity index (χ1n) is 39.6. The summed E-state index contributed by atoms with van der Waals surface area (Å²) in [5, 5.41) is 0.770. The van der Waals surface area contributed by atoms with Gasteiger partial charge in [-0.05, 0) is 217 Å². The van der Waals surface area contributed by atoms with Crippen molar-refractivity contribution in [3.05, 3.63) is 258 Å². The summed E-state index contributed by atoms with van der Waals surface area (Å²) < 4.78 is 101. The van der Waals surface area contributed by atoms with E-state index in [0.29, 0.717) is 47.7 Å². The van der Waals surface area contributed by atoms with E-state index >= 15 is 0 Å². The molecule has 16 heterocycles. The molecule has 12 nitrogen and oxygen atoms in total. The van der Waals surface area contributed by atoms with E-state index in [1.165, 1.54) is 144 Å². The molecule has 20 rings (SSSR count). The number of hydrogen-bond acceptors (Lipinski definition) is 8. The van der Waals surface area contributed by atoms with Gasteiger partial charge in [-0.25, -0.2) is 32.5 Å². The molecule has 4 aromatic carbocycles. The first-order chi connectivity index (χ1) is 53.2. The fourth-order valence-corrected chi connectivity index (χ4v) is 19.7. The van der Waals surface area contributed by atoms with Gasteiger partial charge >= 0.3 is 6.18 Å². The fraction of sp³-hybridized carbons (Fsp3) is 0.416. The van der Waals surface area contributed by atoms with Crippen molar-refractivity contribution in [2.24, 2.45) is 0 Å². The van der Waals surface area contributed by atoms with Crippen LogP contribution in [0.25, 0.3) is 44.1 Å². The van der Waals surface area contributed by atoms with Crippen molar-refractivity contribution in [2.45, 2.75) is 186 Å². The van der Waals surface area contributed by atoms with E-state index in [1.54, 1.807) is 18.2 Å². The third kappa shape index (κ3) is 14.6. The van der Waals surface area contributed by atoms with Gasteiger partial charge in [0.2, 0.25) is 0 Å². The SMILES string of the molecule is Cc1ccc2c(n1)c1c(n2CCc2ccc(C(F)(F)F)cc2)CCN2CCCC12.FCc1ccc2c(n1)c1c(n2CCc2ccc(Cl)cc2)CCN2CCCC12.FCc1ccc2c(n1)c1c(n2CCc2ccc(F)cc2)CCN2CCCC12.FCc1ccc2c(n1)c1c(n2CCc2ccccc2)CCN2CCCC12. The number of pyridine rings is 4. The van der Waals surface area contributed by atoms with E-state index < -0.39 is 31.8 Å². The minimum Gasteiger partial charge on any atom is -0.343 e. The molecule has 4 saturated heterocycles. The number of halogens is 8. The van der Waals surface area contributed by atoms with Crippen LogP contribution in [0.4, 0.5) is 30.7 Å². The van der Waals surface area contributed by atoms with Gasteiger partial charge in [0.1, 0.15) is 25.8 Å². The van der Waals surface area contributed by atoms with Gasteiger partial charge in [0.25, 0.3) is 0 Å². The van der Waals surface area contributed by atoms with Gasteiger partial charge in [-0.3, -0.25) is 24.6 Å². The van der Waals surface area contributed by atoms with Gasteiger partial charge in [-0.15, -0.1) is 0 Å². The summed E-state index contributed by atoms with van der Waals surface area (Å²) >= 11 is 6.02. The summed E-state index contributed by atoms with van der Waals surface area (Å²) in [6, 6.07) is 48.7. The quantitative estimate of drug-likeness (QED) is 0.0939. The lowest BCUT2D eigenvalue weighted by Gasteiger charge is -2.30. The molecule has 4 unspecified atom stereocenters. The maximum absolute atomic E-state index is 13.3. The van der Waals surface area contributed by atoms with Crippen LogP contribution >= 0.6 is 11.6 Å². The lowest BCUT2D eigenvalue weighted by atomic mass is 9.98. The Morgan fingerprint density at radius 2 is 0.679 bits per heavy atom. The molecule has 8 aliphatic heterocycles. The first kappa shape index (κ1) is 73.1. The second kappa shape index (κ2) is 31.6. The molecule has 4 atom stereocenters. The van der Waals surface area contributed by atoms with Crippen LogP contribution in [0.2, 0.25) is 5.02 Å². The number of rotatable bonds is 15. The zero-order valence-electron chi connectivity index (χ0n) is 62.1. The summed E-state index contributed by atoms with van der Waals surface area (Å²) in [7, 11) is 0. The Kier molecular flexibility index (Phi) is 21.2. The molecule has 8 aliphatic rings. The highest BCUT2D eigenvalue weighted by Crippen LogP contribution is 2.47. The minimum atomic E-state index is -4.29. The summed E-state index contributed by atoms with van der Waals surface area (Å²) in [6.07, 6.45) is 13.0. The van der Waals surface area contributed by atoms with Crippen LogP contribution in [0.15, 0.2) is 152 Å². The maximum atomic E-state index is 13.3. The number of aryl methyl sites for hydroxylation is 9. The van der Waals surface area contributed by atoms with Crippen LogP contribution in [-0.4, -0.2) is 110 Å². The highest BCUT2D eigenvalue weighted by Gasteiger charge is 2.41. The third-order valence-corrected chi connectivity index (χ3v) is 25.0. The Bertz CT molecular complexity index is 5080. The highest BCUT2D eigenvalue weighted by atomic mass is 35.5. The zero-order valence-corrected chi connectivity index (χ0v) is 62.8. The van der Waals surface area contributed by atoms with E-state index in [0.717, 1.165) is 177 Å². The molecule has 0 radical (unpaired) electrons. The van der Waals surface area contributed by atoms with Crippen LogP contribution in [0, 0.1) is 12.7 Å². The van der Waals surface area contributed by atoms with Crippen LogP contribution < -0.4 is 0 Å². The molecule has 20 heteroatoms. The van der Waals surface area contributed by atoms with Gasteiger partial charge < -0.3 is 18.3 Å². The number of alkyl halides is 6. The van der Waals surface area contributed by atoms with Crippen molar-refractivity contribution in [3.8, 4) is 0 Å². The number of fused-ring (bicyclic) bond motifs is 20. The summed E-state index contributed by atoms with van der Waals surface area (Å²) in [5.74, 6) is -0.202. The third-order valence-electron chi connectivity index (χ3n) is 24.7. The molecule has 8 aromatic heterocycles. The van der Waals surface area contributed by atoms with Crippen LogP contribution in [-0.2, 0) is 104 Å². The average Bonchev–Trinajstić information content (AvgIpc) is 1.61. The van der Waals surface area contributed by atoms with Crippen LogP contribution in [0.1, 0.15) is 171 Å². The van der Waals surface area contributed by atoms with Gasteiger partial charge in [-0.1, -0.05) is 78.3 Å². The molecular formula is C89H94ClF7N12. The maximum Gasteiger partial charge on any atom is 0.416 e. The minimum absolute atomic E-state index is 0.202. The Morgan fingerprint density at radius 3 is 1.02 bits per heavy atom. The summed E-state index contributed by atoms with van der Waals surface area (Å²) in [6.45, 7) is 13.0. The topological polar surface area (TPSA) is 84.2 Å². The van der Waals surface area contributed by atoms with Crippen molar-refractivity contribution in [1.29, 1.82) is 0 Å². The molecule has 0 spiro atoms. The Morgan fingerprint density at radius 1 is 0.367 bits per heavy atom. The average molecular weight is 1500 g/mol. The van der Waals surface area contributed by atoms with E-state index in [-0.39, 0.29) is 5.82 Å². The fourth-order valence-electron chi connectivity index (χ4n) is 19.6. The largest absolute Gasteiger partial charge is 0.416 e. The molecule has 0 N–H and O–H groups in total. The number of hydrogen-bond donors (Lipinski definition) is 0. The van der Waals surface area contributed by atoms with E-state index in [1.807, 2.05) is 49.4 Å². The van der Waals surface area contributed by atoms with Crippen molar-refractivity contribution >= 4 is 55.7 Å². The number of aromatic nitrogens is 8. The second-order valence-corrected chi connectivity index (χ2v) is 31.4. The Labute approximate surface area is 637 Å². The molecular weight excluding hydrogens is 1410 g/mol. The predicted molar refractivity (Wildman–Crippen MR) is 418 cm³/mol. The van der Waals surface area contributed by atoms with Crippen LogP contribution in [0.3, 0.4) is 0 Å². The van der Waals surface area contributed by atoms with Gasteiger partial charge in [0.15, 0.2) is 0 Å². The highest BCUT2D eigenvalue weighted by molar-refractivity contribution is 6.30. The molecule has 12 aromatic rings. The standard InChI is InChI=1S/C23H24F3N3.C22H23ClFN3.C22H23F2N3.C22H24FN3/c1-15-4-9-20-22(27-15)21-18-3-2-12-28(18)13-11-19(21)29(20)14-10-16-5-7-17(8-6-16)23(24,25)26;23-16-5-3-15(4-6-16)9-13-27-19-10-12-26-11-1-2-18(26)21(19)22-20(27)8-7-17(14-24)25-22;23-14-17-7-8-20-22(25-17)21-18-2-1-11-26(18)12-10-19(21)27(20)13-9-15-3-5-16(24)6-4-15;23-15-17-8-9-20-22(24-17)21-18-7-4-12-25(18)13-11-19(21)26(20)14-10-16-5-2-1-3-6-16/h4-9,18H,2-3,10-14H2,1H3;2*3-8,18H,1-2,9-14H2;1-3,5-6,8-9,18H,4,7,10-15H2. The second-order valence-electron chi connectivity index (χ2n) is 31.0. The lowest BCUT2D eigenvalue weighted by molar-refractivity contribution is -0.137. The molecule has 0 aliphatic carbocycles. The Balaban J connectivity index is 0.000000106. The molecule has 4 fully saturated rings. The normalized spacial score (nSPS) is 19.5. The van der Waals surface area contributed by atoms with E-state index in [9.17, 15) is 30.7 Å². The molecule has 109 heavy (non-hydrogen) atoms. The van der Waals surface area contributed by atoms with Crippen molar-refractivity contribution < 1.29 is 30.7 Å². The first-order valence-corrected chi connectivity index (χ1v) is 40.0. The Hall–Kier alpha value is -8.72. The monoisotopic (exact) mass is 1500 g/mol. The number of nitrogens with zero attached hydrogens (tertiary/aromatic N) is 12.